The van der Waals surface area contributed by atoms with Crippen LogP contribution in [0.1, 0.15) is 39.4 Å². The molecular weight excluding hydrogens is 312 g/mol. The van der Waals surface area contributed by atoms with Gasteiger partial charge in [0.2, 0.25) is 10.0 Å². The van der Waals surface area contributed by atoms with E-state index >= 15 is 0 Å². The smallest absolute Gasteiger partial charge is 0.244 e. The van der Waals surface area contributed by atoms with E-state index in [2.05, 4.69) is 0 Å². The Labute approximate surface area is 132 Å². The van der Waals surface area contributed by atoms with Crippen molar-refractivity contribution in [2.45, 2.75) is 50.6 Å². The maximum Gasteiger partial charge on any atom is 0.244 e. The van der Waals surface area contributed by atoms with Crippen LogP contribution in [-0.4, -0.2) is 43.6 Å². The molecule has 0 bridgehead atoms. The summed E-state index contributed by atoms with van der Waals surface area (Å²) in [7, 11) is -1.95. The molecule has 7 heteroatoms. The van der Waals surface area contributed by atoms with Crippen molar-refractivity contribution >= 4 is 21.6 Å². The zero-order valence-corrected chi connectivity index (χ0v) is 14.9. The molecule has 21 heavy (non-hydrogen) atoms. The van der Waals surface area contributed by atoms with Crippen LogP contribution >= 0.6 is 11.6 Å². The highest BCUT2D eigenvalue weighted by Gasteiger charge is 2.23. The second-order valence-electron chi connectivity index (χ2n) is 5.55. The molecule has 5 nitrogen and oxygen atoms in total. The van der Waals surface area contributed by atoms with Gasteiger partial charge in [-0.1, -0.05) is 0 Å². The fourth-order valence-corrected chi connectivity index (χ4v) is 3.36. The summed E-state index contributed by atoms with van der Waals surface area (Å²) in [6, 6.07) is 1.81. The minimum atomic E-state index is -3.51. The van der Waals surface area contributed by atoms with Crippen LogP contribution in [0.4, 0.5) is 0 Å². The van der Waals surface area contributed by atoms with E-state index < -0.39 is 10.0 Å². The molecule has 0 fully saturated rings. The highest BCUT2D eigenvalue weighted by atomic mass is 35.5. The number of nitrogens with zero attached hydrogens (tertiary/aromatic N) is 2. The Morgan fingerprint density at radius 3 is 2.38 bits per heavy atom. The van der Waals surface area contributed by atoms with Crippen LogP contribution in [0.5, 0.6) is 0 Å². The first-order chi connectivity index (χ1) is 9.70. The largest absolute Gasteiger partial charge is 0.377 e. The fourth-order valence-electron chi connectivity index (χ4n) is 1.94. The zero-order valence-electron chi connectivity index (χ0n) is 13.3. The molecule has 0 N–H and O–H groups in total. The highest BCUT2D eigenvalue weighted by molar-refractivity contribution is 7.89. The molecule has 0 aliphatic rings. The Morgan fingerprint density at radius 1 is 1.33 bits per heavy atom. The molecule has 1 heterocycles. The maximum absolute atomic E-state index is 12.5. The highest BCUT2D eigenvalue weighted by Crippen LogP contribution is 2.22. The van der Waals surface area contributed by atoms with E-state index in [9.17, 15) is 8.42 Å². The molecule has 0 spiro atoms. The quantitative estimate of drug-likeness (QED) is 0.686. The molecule has 0 saturated carbocycles. The molecule has 0 amide bonds. The van der Waals surface area contributed by atoms with Gasteiger partial charge in [0.25, 0.3) is 0 Å². The number of likely N-dealkylation sites (N-methyl/N-ethyl adjacent to an activating group) is 1. The summed E-state index contributed by atoms with van der Waals surface area (Å²) in [6.07, 6.45) is 1.74. The van der Waals surface area contributed by atoms with Crippen molar-refractivity contribution in [3.05, 3.63) is 18.0 Å². The molecule has 1 aromatic heterocycles. The van der Waals surface area contributed by atoms with E-state index in [0.717, 1.165) is 5.69 Å². The van der Waals surface area contributed by atoms with Gasteiger partial charge in [0.1, 0.15) is 4.90 Å². The summed E-state index contributed by atoms with van der Waals surface area (Å²) in [6.45, 7) is 8.53. The molecule has 0 aliphatic carbocycles. The number of aromatic nitrogens is 1. The van der Waals surface area contributed by atoms with Gasteiger partial charge in [0.05, 0.1) is 18.6 Å². The van der Waals surface area contributed by atoms with Crippen molar-refractivity contribution in [2.75, 3.05) is 20.2 Å². The number of halogens is 1. The Morgan fingerprint density at radius 2 is 1.95 bits per heavy atom. The van der Waals surface area contributed by atoms with E-state index in [0.29, 0.717) is 13.2 Å². The molecule has 0 unspecified atom stereocenters. The zero-order chi connectivity index (χ0) is 16.2. The second-order valence-corrected chi connectivity index (χ2v) is 7.86. The Kier molecular flexibility index (Phi) is 6.71. The van der Waals surface area contributed by atoms with Gasteiger partial charge >= 0.3 is 0 Å². The summed E-state index contributed by atoms with van der Waals surface area (Å²) in [5.74, 6) is 0.286. The lowest BCUT2D eigenvalue weighted by atomic mass is 10.4. The number of ether oxygens (including phenoxy) is 1. The average molecular weight is 337 g/mol. The van der Waals surface area contributed by atoms with Gasteiger partial charge in [-0.2, -0.15) is 4.31 Å². The van der Waals surface area contributed by atoms with Gasteiger partial charge in [-0.3, -0.25) is 0 Å². The average Bonchev–Trinajstić information content (AvgIpc) is 2.82. The lowest BCUT2D eigenvalue weighted by Gasteiger charge is -2.17. The standard InChI is InChI=1S/C14H25ClN2O3S/c1-11(2)17-10-14(8-13(17)9-15)21(18,19)16(5)6-7-20-12(3)4/h8,10-12H,6-7,9H2,1-5H3. The SMILES string of the molecule is CC(C)OCCN(C)S(=O)(=O)c1cc(CCl)n(C(C)C)c1. The van der Waals surface area contributed by atoms with Crippen molar-refractivity contribution in [1.82, 2.24) is 8.87 Å². The van der Waals surface area contributed by atoms with Crippen LogP contribution < -0.4 is 0 Å². The molecule has 0 radical (unpaired) electrons. The van der Waals surface area contributed by atoms with Gasteiger partial charge in [-0.25, -0.2) is 8.42 Å². The molecular formula is C14H25ClN2O3S. The number of hydrogen-bond donors (Lipinski definition) is 0. The minimum Gasteiger partial charge on any atom is -0.377 e. The molecule has 1 aromatic rings. The number of rotatable bonds is 8. The van der Waals surface area contributed by atoms with E-state index in [1.807, 2.05) is 32.3 Å². The normalized spacial score (nSPS) is 12.8. The lowest BCUT2D eigenvalue weighted by molar-refractivity contribution is 0.0737. The predicted molar refractivity (Wildman–Crippen MR) is 85.3 cm³/mol. The molecule has 0 saturated heterocycles. The lowest BCUT2D eigenvalue weighted by Crippen LogP contribution is -2.30. The summed E-state index contributed by atoms with van der Waals surface area (Å²) < 4.78 is 33.7. The topological polar surface area (TPSA) is 51.5 Å². The summed E-state index contributed by atoms with van der Waals surface area (Å²) in [4.78, 5) is 0.277. The summed E-state index contributed by atoms with van der Waals surface area (Å²) in [5.41, 5.74) is 0.803. The van der Waals surface area contributed by atoms with Gasteiger partial charge in [-0.15, -0.1) is 11.6 Å². The third-order valence-corrected chi connectivity index (χ3v) is 5.26. The molecule has 122 valence electrons. The fraction of sp³-hybridized carbons (Fsp3) is 0.714. The van der Waals surface area contributed by atoms with E-state index in [1.54, 1.807) is 19.3 Å². The Bertz CT molecular complexity index is 553. The first-order valence-electron chi connectivity index (χ1n) is 7.04. The summed E-state index contributed by atoms with van der Waals surface area (Å²) >= 11 is 5.89. The van der Waals surface area contributed by atoms with E-state index in [1.165, 1.54) is 4.31 Å². The minimum absolute atomic E-state index is 0.0889. The van der Waals surface area contributed by atoms with E-state index in [4.69, 9.17) is 16.3 Å². The number of alkyl halides is 1. The van der Waals surface area contributed by atoms with Crippen LogP contribution in [0.2, 0.25) is 0 Å². The number of hydrogen-bond acceptors (Lipinski definition) is 3. The number of sulfonamides is 1. The molecule has 0 atom stereocenters. The van der Waals surface area contributed by atoms with Gasteiger partial charge < -0.3 is 9.30 Å². The second kappa shape index (κ2) is 7.63. The van der Waals surface area contributed by atoms with Gasteiger partial charge in [0, 0.05) is 31.5 Å². The summed E-state index contributed by atoms with van der Waals surface area (Å²) in [5, 5.41) is 0. The third-order valence-electron chi connectivity index (χ3n) is 3.17. The van der Waals surface area contributed by atoms with Crippen molar-refractivity contribution in [3.8, 4) is 0 Å². The van der Waals surface area contributed by atoms with Gasteiger partial charge in [0.15, 0.2) is 0 Å². The van der Waals surface area contributed by atoms with Crippen LogP contribution in [0.25, 0.3) is 0 Å². The van der Waals surface area contributed by atoms with Crippen molar-refractivity contribution in [1.29, 1.82) is 0 Å². The van der Waals surface area contributed by atoms with Crippen LogP contribution in [0.15, 0.2) is 17.2 Å². The van der Waals surface area contributed by atoms with Crippen LogP contribution in [0.3, 0.4) is 0 Å². The van der Waals surface area contributed by atoms with Crippen molar-refractivity contribution in [3.63, 3.8) is 0 Å². The Hall–Kier alpha value is -0.560. The molecule has 0 aliphatic heterocycles. The monoisotopic (exact) mass is 336 g/mol. The van der Waals surface area contributed by atoms with Crippen LogP contribution in [-0.2, 0) is 20.6 Å². The first-order valence-corrected chi connectivity index (χ1v) is 9.02. The van der Waals surface area contributed by atoms with Crippen LogP contribution in [0, 0.1) is 0 Å². The predicted octanol–water partition coefficient (Wildman–Crippen LogP) is 2.85. The molecule has 0 aromatic carbocycles. The van der Waals surface area contributed by atoms with Crippen molar-refractivity contribution < 1.29 is 13.2 Å². The molecule has 1 rings (SSSR count). The third kappa shape index (κ3) is 4.71. The maximum atomic E-state index is 12.5. The van der Waals surface area contributed by atoms with Gasteiger partial charge in [-0.05, 0) is 33.8 Å². The Balaban J connectivity index is 2.92. The van der Waals surface area contributed by atoms with E-state index in [-0.39, 0.29) is 22.9 Å². The van der Waals surface area contributed by atoms with Crippen molar-refractivity contribution in [2.24, 2.45) is 0 Å². The first kappa shape index (κ1) is 18.5.